The van der Waals surface area contributed by atoms with Crippen LogP contribution in [-0.2, 0) is 10.9 Å². The average Bonchev–Trinajstić information content (AvgIpc) is 3.01. The molecule has 0 saturated heterocycles. The van der Waals surface area contributed by atoms with Crippen molar-refractivity contribution in [2.24, 2.45) is 0 Å². The molecular formula is C23H19BrF3NO3S. The maximum atomic E-state index is 13.4. The molecule has 3 rings (SSSR count). The maximum Gasteiger partial charge on any atom is 0.416 e. The van der Waals surface area contributed by atoms with Gasteiger partial charge < -0.3 is 4.74 Å². The van der Waals surface area contributed by atoms with Crippen molar-refractivity contribution in [2.45, 2.75) is 32.5 Å². The zero-order valence-electron chi connectivity index (χ0n) is 17.3. The number of anilines is 1. The molecule has 0 aliphatic carbocycles. The first-order valence-corrected chi connectivity index (χ1v) is 11.1. The molecule has 3 aromatic rings. The fourth-order valence-electron chi connectivity index (χ4n) is 2.95. The SMILES string of the molecule is CC(C)(C)OC(=O)Nc1sc(Br)c(-c2cccc(C(F)(F)F)c2)c1C(=O)c1ccccc1. The van der Waals surface area contributed by atoms with Gasteiger partial charge >= 0.3 is 12.3 Å². The van der Waals surface area contributed by atoms with Gasteiger partial charge in [0, 0.05) is 11.1 Å². The van der Waals surface area contributed by atoms with E-state index in [0.717, 1.165) is 23.5 Å². The van der Waals surface area contributed by atoms with Crippen molar-refractivity contribution in [3.8, 4) is 11.1 Å². The number of carbonyl (C=O) groups is 2. The number of ketones is 1. The molecule has 0 unspecified atom stereocenters. The third-order valence-electron chi connectivity index (χ3n) is 4.22. The summed E-state index contributed by atoms with van der Waals surface area (Å²) in [5, 5.41) is 2.75. The number of benzene rings is 2. The number of halogens is 4. The predicted molar refractivity (Wildman–Crippen MR) is 122 cm³/mol. The Labute approximate surface area is 195 Å². The maximum absolute atomic E-state index is 13.4. The van der Waals surface area contributed by atoms with Crippen LogP contribution < -0.4 is 5.32 Å². The van der Waals surface area contributed by atoms with Crippen LogP contribution in [0.25, 0.3) is 11.1 Å². The minimum absolute atomic E-state index is 0.0817. The number of carbonyl (C=O) groups excluding carboxylic acids is 2. The fraction of sp³-hybridized carbons (Fsp3) is 0.217. The van der Waals surface area contributed by atoms with E-state index in [9.17, 15) is 22.8 Å². The second kappa shape index (κ2) is 9.07. The van der Waals surface area contributed by atoms with Crippen LogP contribution in [0.1, 0.15) is 42.3 Å². The number of ether oxygens (including phenoxy) is 1. The molecule has 0 saturated carbocycles. The number of alkyl halides is 3. The number of thiophene rings is 1. The summed E-state index contributed by atoms with van der Waals surface area (Å²) in [4.78, 5) is 25.8. The van der Waals surface area contributed by atoms with Crippen molar-refractivity contribution >= 4 is 44.1 Å². The molecule has 4 nitrogen and oxygen atoms in total. The van der Waals surface area contributed by atoms with Crippen LogP contribution in [0, 0.1) is 0 Å². The molecule has 168 valence electrons. The zero-order chi connectivity index (χ0) is 23.7. The molecule has 0 aliphatic rings. The highest BCUT2D eigenvalue weighted by atomic mass is 79.9. The van der Waals surface area contributed by atoms with Gasteiger partial charge in [-0.25, -0.2) is 4.79 Å². The zero-order valence-corrected chi connectivity index (χ0v) is 19.7. The van der Waals surface area contributed by atoms with Crippen molar-refractivity contribution in [3.63, 3.8) is 0 Å². The summed E-state index contributed by atoms with van der Waals surface area (Å²) in [6, 6.07) is 13.0. The Morgan fingerprint density at radius 3 is 2.25 bits per heavy atom. The Balaban J connectivity index is 2.16. The smallest absolute Gasteiger partial charge is 0.416 e. The molecule has 1 amide bonds. The van der Waals surface area contributed by atoms with Crippen molar-refractivity contribution in [1.29, 1.82) is 0 Å². The molecule has 0 spiro atoms. The van der Waals surface area contributed by atoms with Gasteiger partial charge in [-0.05, 0) is 54.4 Å². The lowest BCUT2D eigenvalue weighted by Crippen LogP contribution is -2.27. The lowest BCUT2D eigenvalue weighted by Gasteiger charge is -2.19. The quantitative estimate of drug-likeness (QED) is 0.354. The van der Waals surface area contributed by atoms with Gasteiger partial charge in [-0.2, -0.15) is 13.2 Å². The van der Waals surface area contributed by atoms with E-state index in [0.29, 0.717) is 9.35 Å². The minimum Gasteiger partial charge on any atom is -0.444 e. The highest BCUT2D eigenvalue weighted by Gasteiger charge is 2.32. The summed E-state index contributed by atoms with van der Waals surface area (Å²) >= 11 is 4.39. The molecule has 0 radical (unpaired) electrons. The largest absolute Gasteiger partial charge is 0.444 e. The summed E-state index contributed by atoms with van der Waals surface area (Å²) in [6.45, 7) is 5.09. The monoisotopic (exact) mass is 525 g/mol. The highest BCUT2D eigenvalue weighted by Crippen LogP contribution is 2.45. The summed E-state index contributed by atoms with van der Waals surface area (Å²) in [7, 11) is 0. The third kappa shape index (κ3) is 5.58. The Kier molecular flexibility index (Phi) is 6.80. The molecule has 1 N–H and O–H groups in total. The van der Waals surface area contributed by atoms with Crippen molar-refractivity contribution in [1.82, 2.24) is 0 Å². The molecule has 1 heterocycles. The minimum atomic E-state index is -4.54. The summed E-state index contributed by atoms with van der Waals surface area (Å²) in [5.74, 6) is -0.439. The number of hydrogen-bond donors (Lipinski definition) is 1. The fourth-order valence-corrected chi connectivity index (χ4v) is 4.79. The Morgan fingerprint density at radius 2 is 1.66 bits per heavy atom. The van der Waals surface area contributed by atoms with Crippen molar-refractivity contribution < 1.29 is 27.5 Å². The van der Waals surface area contributed by atoms with Gasteiger partial charge in [0.05, 0.1) is 14.9 Å². The summed E-state index contributed by atoms with van der Waals surface area (Å²) in [5.41, 5.74) is -0.739. The summed E-state index contributed by atoms with van der Waals surface area (Å²) < 4.78 is 45.6. The Bertz CT molecular complexity index is 1150. The van der Waals surface area contributed by atoms with E-state index in [1.807, 2.05) is 0 Å². The first-order chi connectivity index (χ1) is 14.9. The molecule has 0 fully saturated rings. The van der Waals surface area contributed by atoms with Gasteiger partial charge in [0.15, 0.2) is 5.78 Å². The van der Waals surface area contributed by atoms with E-state index in [4.69, 9.17) is 4.74 Å². The standard InChI is InChI=1S/C23H19BrF3NO3S/c1-22(2,3)31-21(30)28-20-17(18(29)13-8-5-4-6-9-13)16(19(24)32-20)14-10-7-11-15(12-14)23(25,26)27/h4-12H,1-3H3,(H,28,30). The van der Waals surface area contributed by atoms with Crippen LogP contribution in [0.2, 0.25) is 0 Å². The van der Waals surface area contributed by atoms with Crippen LogP contribution in [-0.4, -0.2) is 17.5 Å². The van der Waals surface area contributed by atoms with Gasteiger partial charge in [0.2, 0.25) is 0 Å². The van der Waals surface area contributed by atoms with Crippen molar-refractivity contribution in [3.05, 3.63) is 75.1 Å². The van der Waals surface area contributed by atoms with Crippen LogP contribution in [0.5, 0.6) is 0 Å². The van der Waals surface area contributed by atoms with Crippen LogP contribution in [0.3, 0.4) is 0 Å². The molecule has 9 heteroatoms. The normalized spacial score (nSPS) is 11.8. The first-order valence-electron chi connectivity index (χ1n) is 9.46. The number of nitrogens with one attached hydrogen (secondary N) is 1. The van der Waals surface area contributed by atoms with E-state index in [2.05, 4.69) is 21.2 Å². The van der Waals surface area contributed by atoms with E-state index in [1.54, 1.807) is 51.1 Å². The van der Waals surface area contributed by atoms with Gasteiger partial charge in [-0.15, -0.1) is 11.3 Å². The van der Waals surface area contributed by atoms with E-state index >= 15 is 0 Å². The highest BCUT2D eigenvalue weighted by molar-refractivity contribution is 9.11. The van der Waals surface area contributed by atoms with E-state index in [1.165, 1.54) is 12.1 Å². The van der Waals surface area contributed by atoms with Crippen molar-refractivity contribution in [2.75, 3.05) is 5.32 Å². The molecule has 0 bridgehead atoms. The molecule has 32 heavy (non-hydrogen) atoms. The van der Waals surface area contributed by atoms with Gasteiger partial charge in [-0.1, -0.05) is 42.5 Å². The van der Waals surface area contributed by atoms with Gasteiger partial charge in [0.25, 0.3) is 0 Å². The van der Waals surface area contributed by atoms with E-state index < -0.39 is 29.2 Å². The number of hydrogen-bond acceptors (Lipinski definition) is 4. The van der Waals surface area contributed by atoms with Crippen LogP contribution >= 0.6 is 27.3 Å². The second-order valence-electron chi connectivity index (χ2n) is 7.86. The second-order valence-corrected chi connectivity index (χ2v) is 10.2. The van der Waals surface area contributed by atoms with Crippen LogP contribution in [0.15, 0.2) is 58.4 Å². The molecular weight excluding hydrogens is 507 g/mol. The lowest BCUT2D eigenvalue weighted by atomic mass is 9.96. The van der Waals surface area contributed by atoms with Gasteiger partial charge in [-0.3, -0.25) is 10.1 Å². The molecule has 2 aromatic carbocycles. The Hall–Kier alpha value is -2.65. The number of amides is 1. The number of rotatable bonds is 4. The summed E-state index contributed by atoms with van der Waals surface area (Å²) in [6.07, 6.45) is -5.32. The molecule has 0 atom stereocenters. The van der Waals surface area contributed by atoms with Crippen LogP contribution in [0.4, 0.5) is 23.0 Å². The third-order valence-corrected chi connectivity index (χ3v) is 6.00. The van der Waals surface area contributed by atoms with Gasteiger partial charge in [0.1, 0.15) is 10.6 Å². The first kappa shape index (κ1) is 24.0. The topological polar surface area (TPSA) is 55.4 Å². The Morgan fingerprint density at radius 1 is 1.00 bits per heavy atom. The lowest BCUT2D eigenvalue weighted by molar-refractivity contribution is -0.137. The average molecular weight is 526 g/mol. The molecule has 1 aromatic heterocycles. The predicted octanol–water partition coefficient (Wildman–Crippen LogP) is 7.77. The molecule has 0 aliphatic heterocycles. The van der Waals surface area contributed by atoms with E-state index in [-0.39, 0.29) is 21.7 Å².